The second-order valence-corrected chi connectivity index (χ2v) is 5.41. The first-order valence-corrected chi connectivity index (χ1v) is 6.92. The molecule has 2 heterocycles. The van der Waals surface area contributed by atoms with Gasteiger partial charge < -0.3 is 0 Å². The SMILES string of the molecule is Cc1nc(NN)nc(Sc2ncccc2Br)c1[N+](=O)[O-]. The molecule has 0 saturated carbocycles. The lowest BCUT2D eigenvalue weighted by molar-refractivity contribution is -0.389. The van der Waals surface area contributed by atoms with Crippen LogP contribution in [0.5, 0.6) is 0 Å². The van der Waals surface area contributed by atoms with E-state index >= 15 is 0 Å². The van der Waals surface area contributed by atoms with Crippen molar-refractivity contribution >= 4 is 39.3 Å². The third-order valence-corrected chi connectivity index (χ3v) is 4.16. The number of aromatic nitrogens is 3. The molecule has 0 aliphatic carbocycles. The van der Waals surface area contributed by atoms with Crippen molar-refractivity contribution in [2.45, 2.75) is 17.0 Å². The van der Waals surface area contributed by atoms with Gasteiger partial charge in [0, 0.05) is 6.20 Å². The Hall–Kier alpha value is -1.78. The maximum Gasteiger partial charge on any atom is 0.322 e. The second kappa shape index (κ2) is 6.11. The Morgan fingerprint density at radius 2 is 2.20 bits per heavy atom. The highest BCUT2D eigenvalue weighted by atomic mass is 79.9. The van der Waals surface area contributed by atoms with E-state index < -0.39 is 4.92 Å². The summed E-state index contributed by atoms with van der Waals surface area (Å²) in [4.78, 5) is 22.7. The molecule has 0 fully saturated rings. The fourth-order valence-electron chi connectivity index (χ4n) is 1.42. The number of nitrogen functional groups attached to an aromatic ring is 1. The average molecular weight is 357 g/mol. The molecule has 0 bridgehead atoms. The molecule has 0 aliphatic heterocycles. The normalized spacial score (nSPS) is 10.3. The van der Waals surface area contributed by atoms with Gasteiger partial charge in [0.1, 0.15) is 10.7 Å². The van der Waals surface area contributed by atoms with Gasteiger partial charge in [0.2, 0.25) is 5.95 Å². The number of nitrogens with zero attached hydrogens (tertiary/aromatic N) is 4. The van der Waals surface area contributed by atoms with Gasteiger partial charge in [-0.2, -0.15) is 4.98 Å². The van der Waals surface area contributed by atoms with Gasteiger partial charge in [-0.05, 0) is 46.7 Å². The molecule has 0 unspecified atom stereocenters. The minimum atomic E-state index is -0.519. The van der Waals surface area contributed by atoms with E-state index in [1.807, 2.05) is 0 Å². The lowest BCUT2D eigenvalue weighted by Gasteiger charge is -2.07. The number of hydrogen-bond acceptors (Lipinski definition) is 8. The van der Waals surface area contributed by atoms with E-state index in [-0.39, 0.29) is 22.4 Å². The molecule has 3 N–H and O–H groups in total. The van der Waals surface area contributed by atoms with Crippen LogP contribution in [0.2, 0.25) is 0 Å². The monoisotopic (exact) mass is 356 g/mol. The average Bonchev–Trinajstić information content (AvgIpc) is 2.40. The largest absolute Gasteiger partial charge is 0.322 e. The summed E-state index contributed by atoms with van der Waals surface area (Å²) in [5.41, 5.74) is 2.35. The summed E-state index contributed by atoms with van der Waals surface area (Å²) >= 11 is 4.40. The minimum absolute atomic E-state index is 0.114. The van der Waals surface area contributed by atoms with Crippen LogP contribution < -0.4 is 11.3 Å². The maximum atomic E-state index is 11.1. The van der Waals surface area contributed by atoms with Crippen LogP contribution in [-0.4, -0.2) is 19.9 Å². The molecule has 0 atom stereocenters. The molecule has 104 valence electrons. The molecule has 2 rings (SSSR count). The zero-order chi connectivity index (χ0) is 14.7. The Morgan fingerprint density at radius 3 is 2.80 bits per heavy atom. The molecule has 8 nitrogen and oxygen atoms in total. The number of anilines is 1. The van der Waals surface area contributed by atoms with E-state index in [2.05, 4.69) is 36.3 Å². The number of halogens is 1. The van der Waals surface area contributed by atoms with Crippen LogP contribution >= 0.6 is 27.7 Å². The Bertz CT molecular complexity index is 668. The van der Waals surface area contributed by atoms with Crippen molar-refractivity contribution in [3.63, 3.8) is 0 Å². The van der Waals surface area contributed by atoms with Gasteiger partial charge in [0.05, 0.1) is 9.40 Å². The highest BCUT2D eigenvalue weighted by molar-refractivity contribution is 9.10. The van der Waals surface area contributed by atoms with Crippen LogP contribution in [0.25, 0.3) is 0 Å². The van der Waals surface area contributed by atoms with Crippen LogP contribution in [0, 0.1) is 17.0 Å². The van der Waals surface area contributed by atoms with E-state index in [1.165, 1.54) is 6.92 Å². The fourth-order valence-corrected chi connectivity index (χ4v) is 2.84. The Kier molecular flexibility index (Phi) is 4.47. The lowest BCUT2D eigenvalue weighted by atomic mass is 10.4. The van der Waals surface area contributed by atoms with Crippen molar-refractivity contribution in [3.8, 4) is 0 Å². The van der Waals surface area contributed by atoms with Crippen LogP contribution in [0.1, 0.15) is 5.69 Å². The third-order valence-electron chi connectivity index (χ3n) is 2.26. The van der Waals surface area contributed by atoms with Crippen molar-refractivity contribution in [2.75, 3.05) is 5.43 Å². The molecule has 0 radical (unpaired) electrons. The predicted octanol–water partition coefficient (Wildman–Crippen LogP) is 2.29. The van der Waals surface area contributed by atoms with E-state index in [0.717, 1.165) is 16.2 Å². The molecule has 2 aromatic heterocycles. The van der Waals surface area contributed by atoms with Crippen LogP contribution in [-0.2, 0) is 0 Å². The Morgan fingerprint density at radius 1 is 1.45 bits per heavy atom. The molecule has 0 spiro atoms. The number of pyridine rings is 1. The first-order chi connectivity index (χ1) is 9.52. The molecular formula is C10H9BrN6O2S. The van der Waals surface area contributed by atoms with Crippen LogP contribution in [0.15, 0.2) is 32.9 Å². The van der Waals surface area contributed by atoms with Gasteiger partial charge in [-0.1, -0.05) is 0 Å². The number of nitrogens with two attached hydrogens (primary N) is 1. The molecule has 0 amide bonds. The molecule has 0 saturated heterocycles. The molecular weight excluding hydrogens is 348 g/mol. The highest BCUT2D eigenvalue weighted by Crippen LogP contribution is 2.37. The van der Waals surface area contributed by atoms with Gasteiger partial charge in [0.15, 0.2) is 5.03 Å². The summed E-state index contributed by atoms with van der Waals surface area (Å²) in [5.74, 6) is 5.37. The van der Waals surface area contributed by atoms with Crippen molar-refractivity contribution < 1.29 is 4.92 Å². The number of nitrogens with one attached hydrogen (secondary N) is 1. The summed E-state index contributed by atoms with van der Waals surface area (Å²) in [6, 6.07) is 3.54. The molecule has 10 heteroatoms. The van der Waals surface area contributed by atoms with Gasteiger partial charge >= 0.3 is 5.69 Å². The van der Waals surface area contributed by atoms with Gasteiger partial charge in [0.25, 0.3) is 0 Å². The zero-order valence-corrected chi connectivity index (χ0v) is 12.6. The maximum absolute atomic E-state index is 11.1. The third kappa shape index (κ3) is 3.03. The summed E-state index contributed by atoms with van der Waals surface area (Å²) in [7, 11) is 0. The summed E-state index contributed by atoms with van der Waals surface area (Å²) in [6.07, 6.45) is 1.59. The number of aryl methyl sites for hydroxylation is 1. The lowest BCUT2D eigenvalue weighted by Crippen LogP contribution is -2.12. The smallest absolute Gasteiger partial charge is 0.292 e. The predicted molar refractivity (Wildman–Crippen MR) is 77.3 cm³/mol. The highest BCUT2D eigenvalue weighted by Gasteiger charge is 2.23. The summed E-state index contributed by atoms with van der Waals surface area (Å²) in [5, 5.41) is 11.9. The van der Waals surface area contributed by atoms with Gasteiger partial charge in [-0.25, -0.2) is 15.8 Å². The molecule has 2 aromatic rings. The summed E-state index contributed by atoms with van der Waals surface area (Å²) in [6.45, 7) is 1.53. The van der Waals surface area contributed by atoms with Crippen molar-refractivity contribution in [2.24, 2.45) is 5.84 Å². The van der Waals surface area contributed by atoms with Crippen molar-refractivity contribution in [1.29, 1.82) is 0 Å². The van der Waals surface area contributed by atoms with Crippen molar-refractivity contribution in [3.05, 3.63) is 38.6 Å². The minimum Gasteiger partial charge on any atom is -0.292 e. The zero-order valence-electron chi connectivity index (χ0n) is 10.2. The quantitative estimate of drug-likeness (QED) is 0.370. The number of rotatable bonds is 4. The van der Waals surface area contributed by atoms with Gasteiger partial charge in [-0.15, -0.1) is 0 Å². The van der Waals surface area contributed by atoms with E-state index in [4.69, 9.17) is 5.84 Å². The van der Waals surface area contributed by atoms with E-state index in [1.54, 1.807) is 18.3 Å². The van der Waals surface area contributed by atoms with E-state index in [0.29, 0.717) is 5.03 Å². The Labute approximate surface area is 126 Å². The van der Waals surface area contributed by atoms with E-state index in [9.17, 15) is 10.1 Å². The molecule has 0 aliphatic rings. The van der Waals surface area contributed by atoms with Crippen LogP contribution in [0.3, 0.4) is 0 Å². The Balaban J connectivity index is 2.52. The number of nitro groups is 1. The summed E-state index contributed by atoms with van der Waals surface area (Å²) < 4.78 is 0.720. The molecule has 0 aromatic carbocycles. The van der Waals surface area contributed by atoms with Crippen molar-refractivity contribution in [1.82, 2.24) is 15.0 Å². The first kappa shape index (κ1) is 14.6. The standard InChI is InChI=1S/C10H9BrN6O2S/c1-5-7(17(18)19)9(15-10(14-5)16-12)20-8-6(11)3-2-4-13-8/h2-4H,12H2,1H3,(H,14,15,16). The number of hydrazine groups is 1. The second-order valence-electron chi connectivity index (χ2n) is 3.58. The first-order valence-electron chi connectivity index (χ1n) is 5.31. The van der Waals surface area contributed by atoms with Crippen LogP contribution in [0.4, 0.5) is 11.6 Å². The topological polar surface area (TPSA) is 120 Å². The number of hydrogen-bond donors (Lipinski definition) is 2. The fraction of sp³-hybridized carbons (Fsp3) is 0.100. The molecule has 20 heavy (non-hydrogen) atoms. The van der Waals surface area contributed by atoms with Gasteiger partial charge in [-0.3, -0.25) is 15.5 Å².